The molecule has 1 aromatic heterocycles. The van der Waals surface area contributed by atoms with Crippen molar-refractivity contribution in [2.75, 3.05) is 19.6 Å². The maximum absolute atomic E-state index is 13.1. The Kier molecular flexibility index (Phi) is 5.90. The third kappa shape index (κ3) is 4.67. The summed E-state index contributed by atoms with van der Waals surface area (Å²) in [6.07, 6.45) is 1.76. The molecule has 0 spiro atoms. The number of hydrogen-bond acceptors (Lipinski definition) is 3. The van der Waals surface area contributed by atoms with Gasteiger partial charge in [0, 0.05) is 30.5 Å². The summed E-state index contributed by atoms with van der Waals surface area (Å²) in [6, 6.07) is 12.9. The minimum atomic E-state index is -3.55. The van der Waals surface area contributed by atoms with Crippen LogP contribution in [0.5, 0.6) is 0 Å². The van der Waals surface area contributed by atoms with Crippen LogP contribution in [-0.2, 0) is 10.0 Å². The number of amides is 1. The first-order chi connectivity index (χ1) is 14.7. The van der Waals surface area contributed by atoms with Crippen LogP contribution in [0.3, 0.4) is 0 Å². The number of likely N-dealkylation sites (tertiary alicyclic amines) is 1. The van der Waals surface area contributed by atoms with Crippen LogP contribution in [0, 0.1) is 26.7 Å². The van der Waals surface area contributed by atoms with Gasteiger partial charge < -0.3 is 9.88 Å². The van der Waals surface area contributed by atoms with Crippen molar-refractivity contribution in [3.8, 4) is 0 Å². The Labute approximate surface area is 183 Å². The smallest absolute Gasteiger partial charge is 0.270 e. The van der Waals surface area contributed by atoms with Crippen molar-refractivity contribution in [3.05, 3.63) is 64.8 Å². The molecule has 3 aromatic rings. The van der Waals surface area contributed by atoms with Gasteiger partial charge in [0.15, 0.2) is 0 Å². The van der Waals surface area contributed by atoms with E-state index in [2.05, 4.69) is 28.8 Å². The fraction of sp³-hybridized carbons (Fsp3) is 0.375. The van der Waals surface area contributed by atoms with E-state index in [9.17, 15) is 13.2 Å². The van der Waals surface area contributed by atoms with E-state index in [0.29, 0.717) is 25.3 Å². The monoisotopic (exact) mass is 439 g/mol. The van der Waals surface area contributed by atoms with Crippen LogP contribution in [0.4, 0.5) is 0 Å². The topological polar surface area (TPSA) is 82.3 Å². The molecule has 0 aliphatic carbocycles. The molecule has 1 unspecified atom stereocenters. The number of benzene rings is 2. The van der Waals surface area contributed by atoms with Crippen molar-refractivity contribution >= 4 is 26.8 Å². The second-order valence-electron chi connectivity index (χ2n) is 8.65. The fourth-order valence-electron chi connectivity index (χ4n) is 4.33. The van der Waals surface area contributed by atoms with Gasteiger partial charge in [-0.2, -0.15) is 0 Å². The van der Waals surface area contributed by atoms with Crippen molar-refractivity contribution in [1.82, 2.24) is 14.6 Å². The van der Waals surface area contributed by atoms with Crippen LogP contribution in [0.2, 0.25) is 0 Å². The van der Waals surface area contributed by atoms with Crippen LogP contribution in [-0.4, -0.2) is 43.8 Å². The number of nitrogens with one attached hydrogen (secondary N) is 2. The van der Waals surface area contributed by atoms with E-state index < -0.39 is 10.0 Å². The van der Waals surface area contributed by atoms with E-state index in [0.717, 1.165) is 40.4 Å². The SMILES string of the molecule is Cc1ccc(S(=O)(=O)NCC2CCCN(C(=O)c3cc4c(C)cc(C)cc4[nH]3)C2)cc1. The van der Waals surface area contributed by atoms with Crippen molar-refractivity contribution < 1.29 is 13.2 Å². The van der Waals surface area contributed by atoms with E-state index in [1.165, 1.54) is 0 Å². The number of carbonyl (C=O) groups excluding carboxylic acids is 1. The molecule has 0 bridgehead atoms. The van der Waals surface area contributed by atoms with E-state index in [1.807, 2.05) is 24.8 Å². The summed E-state index contributed by atoms with van der Waals surface area (Å²) < 4.78 is 27.9. The summed E-state index contributed by atoms with van der Waals surface area (Å²) in [4.78, 5) is 18.5. The average Bonchev–Trinajstić information content (AvgIpc) is 3.17. The maximum Gasteiger partial charge on any atom is 0.270 e. The highest BCUT2D eigenvalue weighted by molar-refractivity contribution is 7.89. The van der Waals surface area contributed by atoms with E-state index in [-0.39, 0.29) is 16.7 Å². The van der Waals surface area contributed by atoms with Gasteiger partial charge >= 0.3 is 0 Å². The van der Waals surface area contributed by atoms with Gasteiger partial charge in [-0.05, 0) is 74.9 Å². The van der Waals surface area contributed by atoms with Crippen LogP contribution < -0.4 is 4.72 Å². The third-order valence-corrected chi connectivity index (χ3v) is 7.46. The molecule has 1 aliphatic heterocycles. The molecule has 4 rings (SSSR count). The lowest BCUT2D eigenvalue weighted by Gasteiger charge is -2.32. The summed E-state index contributed by atoms with van der Waals surface area (Å²) in [7, 11) is -3.55. The molecule has 1 aliphatic rings. The highest BCUT2D eigenvalue weighted by Gasteiger charge is 2.27. The van der Waals surface area contributed by atoms with Crippen molar-refractivity contribution in [2.24, 2.45) is 5.92 Å². The maximum atomic E-state index is 13.1. The minimum Gasteiger partial charge on any atom is -0.351 e. The summed E-state index contributed by atoms with van der Waals surface area (Å²) in [5.74, 6) is 0.0608. The Morgan fingerprint density at radius 3 is 2.58 bits per heavy atom. The Balaban J connectivity index is 1.43. The molecule has 2 N–H and O–H groups in total. The quantitative estimate of drug-likeness (QED) is 0.632. The number of rotatable bonds is 5. The van der Waals surface area contributed by atoms with Crippen LogP contribution in [0.25, 0.3) is 10.9 Å². The molecule has 7 heteroatoms. The molecule has 164 valence electrons. The predicted octanol–water partition coefficient (Wildman–Crippen LogP) is 3.92. The molecule has 2 aromatic carbocycles. The van der Waals surface area contributed by atoms with E-state index >= 15 is 0 Å². The van der Waals surface area contributed by atoms with Gasteiger partial charge in [0.2, 0.25) is 10.0 Å². The lowest BCUT2D eigenvalue weighted by molar-refractivity contribution is 0.0671. The fourth-order valence-corrected chi connectivity index (χ4v) is 5.45. The number of sulfonamides is 1. The number of fused-ring (bicyclic) bond motifs is 1. The van der Waals surface area contributed by atoms with Gasteiger partial charge in [0.25, 0.3) is 5.91 Å². The molecule has 1 atom stereocenters. The van der Waals surface area contributed by atoms with Gasteiger partial charge in [0.05, 0.1) is 4.90 Å². The summed E-state index contributed by atoms with van der Waals surface area (Å²) in [6.45, 7) is 7.57. The molecular formula is C24H29N3O3S. The summed E-state index contributed by atoms with van der Waals surface area (Å²) >= 11 is 0. The number of nitrogens with zero attached hydrogens (tertiary/aromatic N) is 1. The number of carbonyl (C=O) groups is 1. The largest absolute Gasteiger partial charge is 0.351 e. The molecule has 1 fully saturated rings. The van der Waals surface area contributed by atoms with Crippen molar-refractivity contribution in [2.45, 2.75) is 38.5 Å². The predicted molar refractivity (Wildman–Crippen MR) is 123 cm³/mol. The van der Waals surface area contributed by atoms with Gasteiger partial charge in [-0.15, -0.1) is 0 Å². The molecule has 6 nitrogen and oxygen atoms in total. The second-order valence-corrected chi connectivity index (χ2v) is 10.4. The molecule has 0 radical (unpaired) electrons. The zero-order valence-corrected chi connectivity index (χ0v) is 19.1. The van der Waals surface area contributed by atoms with Crippen LogP contribution in [0.15, 0.2) is 47.4 Å². The molecule has 31 heavy (non-hydrogen) atoms. The number of hydrogen-bond donors (Lipinski definition) is 2. The van der Waals surface area contributed by atoms with Crippen LogP contribution >= 0.6 is 0 Å². The van der Waals surface area contributed by atoms with E-state index in [1.54, 1.807) is 24.3 Å². The number of aryl methyl sites for hydroxylation is 3. The van der Waals surface area contributed by atoms with Gasteiger partial charge in [-0.3, -0.25) is 4.79 Å². The molecule has 1 amide bonds. The normalized spacial score (nSPS) is 17.3. The molecular weight excluding hydrogens is 410 g/mol. The van der Waals surface area contributed by atoms with E-state index in [4.69, 9.17) is 0 Å². The highest BCUT2D eigenvalue weighted by Crippen LogP contribution is 2.24. The second kappa shape index (κ2) is 8.48. The number of aromatic amines is 1. The third-order valence-electron chi connectivity index (χ3n) is 6.02. The zero-order chi connectivity index (χ0) is 22.2. The Hall–Kier alpha value is -2.64. The average molecular weight is 440 g/mol. The summed E-state index contributed by atoms with van der Waals surface area (Å²) in [5, 5.41) is 1.06. The minimum absolute atomic E-state index is 0.0284. The number of H-pyrrole nitrogens is 1. The van der Waals surface area contributed by atoms with Crippen molar-refractivity contribution in [3.63, 3.8) is 0 Å². The lowest BCUT2D eigenvalue weighted by Crippen LogP contribution is -2.43. The lowest BCUT2D eigenvalue weighted by atomic mass is 9.98. The molecule has 2 heterocycles. The standard InChI is InChI=1S/C24H29N3O3S/c1-16-6-8-20(9-7-16)31(29,30)25-14-19-5-4-10-27(15-19)24(28)23-13-21-18(3)11-17(2)12-22(21)26-23/h6-9,11-13,19,25-26H,4-5,10,14-15H2,1-3H3. The zero-order valence-electron chi connectivity index (χ0n) is 18.2. The van der Waals surface area contributed by atoms with Gasteiger partial charge in [0.1, 0.15) is 5.69 Å². The van der Waals surface area contributed by atoms with Gasteiger partial charge in [-0.1, -0.05) is 23.8 Å². The molecule has 0 saturated carbocycles. The number of piperidine rings is 1. The molecule has 1 saturated heterocycles. The first-order valence-electron chi connectivity index (χ1n) is 10.7. The van der Waals surface area contributed by atoms with Gasteiger partial charge in [-0.25, -0.2) is 13.1 Å². The number of aromatic nitrogens is 1. The Morgan fingerprint density at radius 1 is 1.10 bits per heavy atom. The first kappa shape index (κ1) is 21.6. The Morgan fingerprint density at radius 2 is 1.84 bits per heavy atom. The summed E-state index contributed by atoms with van der Waals surface area (Å²) in [5.41, 5.74) is 4.88. The highest BCUT2D eigenvalue weighted by atomic mass is 32.2. The van der Waals surface area contributed by atoms with Crippen LogP contribution in [0.1, 0.15) is 40.0 Å². The Bertz CT molecular complexity index is 1210. The first-order valence-corrected chi connectivity index (χ1v) is 12.2. The van der Waals surface area contributed by atoms with Crippen molar-refractivity contribution in [1.29, 1.82) is 0 Å².